The van der Waals surface area contributed by atoms with Crippen LogP contribution in [0.1, 0.15) is 26.7 Å². The highest BCUT2D eigenvalue weighted by Gasteiger charge is 2.52. The van der Waals surface area contributed by atoms with Crippen LogP contribution in [0.25, 0.3) is 0 Å². The van der Waals surface area contributed by atoms with E-state index in [0.29, 0.717) is 12.8 Å². The maximum Gasteiger partial charge on any atom is 0.329 e. The van der Waals surface area contributed by atoms with Gasteiger partial charge in [-0.05, 0) is 32.3 Å². The van der Waals surface area contributed by atoms with Crippen molar-refractivity contribution in [2.75, 3.05) is 0 Å². The molecule has 1 amide bonds. The van der Waals surface area contributed by atoms with Gasteiger partial charge in [0.05, 0.1) is 0 Å². The lowest BCUT2D eigenvalue weighted by molar-refractivity contribution is -0.142. The fourth-order valence-electron chi connectivity index (χ4n) is 1.02. The summed E-state index contributed by atoms with van der Waals surface area (Å²) in [7, 11) is 0. The Morgan fingerprint density at radius 3 is 2.14 bits per heavy atom. The molecule has 5 heteroatoms. The molecule has 1 aliphatic carbocycles. The molecule has 78 valence electrons. The highest BCUT2D eigenvalue weighted by Crippen LogP contribution is 2.35. The first-order valence-electron chi connectivity index (χ1n) is 4.28. The van der Waals surface area contributed by atoms with Crippen LogP contribution in [-0.4, -0.2) is 22.5 Å². The van der Waals surface area contributed by atoms with Crippen LogP contribution >= 0.6 is 0 Å². The molecule has 0 saturated heterocycles. The predicted octanol–water partition coefficient (Wildman–Crippen LogP) is 0.983. The lowest BCUT2D eigenvalue weighted by Gasteiger charge is -2.11. The van der Waals surface area contributed by atoms with Gasteiger partial charge in [0.15, 0.2) is 5.83 Å². The average Bonchev–Trinajstić information content (AvgIpc) is 2.84. The van der Waals surface area contributed by atoms with Crippen molar-refractivity contribution in [3.8, 4) is 0 Å². The molecule has 0 aromatic heterocycles. The lowest BCUT2D eigenvalue weighted by atomic mass is 10.2. The predicted molar refractivity (Wildman–Crippen MR) is 47.2 cm³/mol. The number of carbonyl (C=O) groups excluding carboxylic acids is 1. The van der Waals surface area contributed by atoms with E-state index in [1.165, 1.54) is 13.8 Å². The van der Waals surface area contributed by atoms with Crippen LogP contribution in [0.5, 0.6) is 0 Å². The molecule has 0 aromatic rings. The number of aliphatic carboxylic acids is 1. The lowest BCUT2D eigenvalue weighted by Crippen LogP contribution is -2.43. The molecule has 0 atom stereocenters. The van der Waals surface area contributed by atoms with Crippen LogP contribution in [0.15, 0.2) is 11.4 Å². The molecule has 4 nitrogen and oxygen atoms in total. The first-order valence-corrected chi connectivity index (χ1v) is 4.28. The summed E-state index contributed by atoms with van der Waals surface area (Å²) in [5.41, 5.74) is -0.979. The first-order chi connectivity index (χ1) is 6.39. The minimum atomic E-state index is -1.22. The molecule has 0 aliphatic heterocycles. The molecule has 0 bridgehead atoms. The van der Waals surface area contributed by atoms with Gasteiger partial charge in [0, 0.05) is 0 Å². The molecule has 0 spiro atoms. The number of amides is 1. The molecule has 2 N–H and O–H groups in total. The Hall–Kier alpha value is -1.39. The second-order valence-electron chi connectivity index (χ2n) is 3.66. The summed E-state index contributed by atoms with van der Waals surface area (Å²) in [6.45, 7) is 2.91. The molecule has 0 unspecified atom stereocenters. The first kappa shape index (κ1) is 10.7. The van der Waals surface area contributed by atoms with Crippen molar-refractivity contribution in [1.82, 2.24) is 5.32 Å². The van der Waals surface area contributed by atoms with E-state index < -0.39 is 23.2 Å². The number of halogens is 1. The summed E-state index contributed by atoms with van der Waals surface area (Å²) in [6.07, 6.45) is 0.730. The van der Waals surface area contributed by atoms with Gasteiger partial charge in [0.25, 0.3) is 5.91 Å². The normalized spacial score (nSPS) is 17.1. The average molecular weight is 201 g/mol. The number of allylic oxidation sites excluding steroid dienone is 1. The van der Waals surface area contributed by atoms with E-state index in [1.807, 2.05) is 0 Å². The summed E-state index contributed by atoms with van der Waals surface area (Å²) in [5.74, 6) is -2.95. The Kier molecular flexibility index (Phi) is 2.59. The molecule has 1 saturated carbocycles. The maximum atomic E-state index is 13.0. The van der Waals surface area contributed by atoms with Crippen LogP contribution in [0.4, 0.5) is 4.39 Å². The van der Waals surface area contributed by atoms with E-state index in [4.69, 9.17) is 5.11 Å². The summed E-state index contributed by atoms with van der Waals surface area (Å²) < 4.78 is 13.0. The molecule has 14 heavy (non-hydrogen) atoms. The fraction of sp³-hybridized carbons (Fsp3) is 0.556. The Labute approximate surface area is 80.8 Å². The number of carbonyl (C=O) groups is 2. The van der Waals surface area contributed by atoms with Crippen LogP contribution in [-0.2, 0) is 9.59 Å². The molecular formula is C9H12FNO3. The van der Waals surface area contributed by atoms with Crippen molar-refractivity contribution in [1.29, 1.82) is 0 Å². The number of hydrogen-bond acceptors (Lipinski definition) is 2. The molecule has 1 rings (SSSR count). The summed E-state index contributed by atoms with van der Waals surface area (Å²) in [6, 6.07) is 0. The summed E-state index contributed by atoms with van der Waals surface area (Å²) >= 11 is 0. The van der Waals surface area contributed by atoms with Gasteiger partial charge in [-0.2, -0.15) is 0 Å². The third-order valence-electron chi connectivity index (χ3n) is 2.15. The number of hydrogen-bond donors (Lipinski definition) is 2. The fourth-order valence-corrected chi connectivity index (χ4v) is 1.02. The van der Waals surface area contributed by atoms with Gasteiger partial charge in [0.1, 0.15) is 5.54 Å². The topological polar surface area (TPSA) is 66.4 Å². The number of rotatable bonds is 3. The molecular weight excluding hydrogens is 189 g/mol. The van der Waals surface area contributed by atoms with Gasteiger partial charge in [-0.25, -0.2) is 9.18 Å². The van der Waals surface area contributed by atoms with Gasteiger partial charge < -0.3 is 10.4 Å². The molecule has 0 heterocycles. The maximum absolute atomic E-state index is 13.0. The van der Waals surface area contributed by atoms with Crippen LogP contribution in [0.2, 0.25) is 0 Å². The van der Waals surface area contributed by atoms with Gasteiger partial charge in [-0.1, -0.05) is 0 Å². The standard InChI is InChI=1S/C9H12FNO3/c1-5(2)6(10)7(12)11-9(3-4-9)8(13)14/h3-4H2,1-2H3,(H,11,12)(H,13,14). The van der Waals surface area contributed by atoms with Crippen molar-refractivity contribution in [2.24, 2.45) is 0 Å². The summed E-state index contributed by atoms with van der Waals surface area (Å²) in [4.78, 5) is 21.8. The van der Waals surface area contributed by atoms with E-state index in [2.05, 4.69) is 5.32 Å². The highest BCUT2D eigenvalue weighted by atomic mass is 19.1. The van der Waals surface area contributed by atoms with Crippen molar-refractivity contribution in [3.63, 3.8) is 0 Å². The Morgan fingerprint density at radius 2 is 1.86 bits per heavy atom. The van der Waals surface area contributed by atoms with E-state index in [0.717, 1.165) is 0 Å². The Balaban J connectivity index is 2.67. The zero-order chi connectivity index (χ0) is 10.9. The summed E-state index contributed by atoms with van der Waals surface area (Å²) in [5, 5.41) is 10.9. The minimum absolute atomic E-state index is 0.240. The van der Waals surface area contributed by atoms with Crippen LogP contribution < -0.4 is 5.32 Å². The number of carboxylic acid groups (broad SMARTS) is 1. The Morgan fingerprint density at radius 1 is 1.36 bits per heavy atom. The largest absolute Gasteiger partial charge is 0.480 e. The number of nitrogens with one attached hydrogen (secondary N) is 1. The van der Waals surface area contributed by atoms with E-state index in [-0.39, 0.29) is 5.57 Å². The SMILES string of the molecule is CC(C)=C(F)C(=O)NC1(C(=O)O)CC1. The number of carboxylic acids is 1. The van der Waals surface area contributed by atoms with Gasteiger partial charge in [0.2, 0.25) is 0 Å². The molecule has 0 radical (unpaired) electrons. The van der Waals surface area contributed by atoms with E-state index in [1.54, 1.807) is 0 Å². The van der Waals surface area contributed by atoms with Crippen molar-refractivity contribution in [3.05, 3.63) is 11.4 Å². The van der Waals surface area contributed by atoms with Gasteiger partial charge in [-0.15, -0.1) is 0 Å². The second-order valence-corrected chi connectivity index (χ2v) is 3.66. The highest BCUT2D eigenvalue weighted by molar-refractivity contribution is 5.97. The molecule has 1 fully saturated rings. The Bertz CT molecular complexity index is 314. The van der Waals surface area contributed by atoms with Crippen LogP contribution in [0, 0.1) is 0 Å². The smallest absolute Gasteiger partial charge is 0.329 e. The molecule has 1 aliphatic rings. The zero-order valence-electron chi connectivity index (χ0n) is 8.06. The molecule has 0 aromatic carbocycles. The quantitative estimate of drug-likeness (QED) is 0.669. The van der Waals surface area contributed by atoms with Crippen molar-refractivity contribution >= 4 is 11.9 Å². The van der Waals surface area contributed by atoms with Crippen LogP contribution in [0.3, 0.4) is 0 Å². The van der Waals surface area contributed by atoms with E-state index in [9.17, 15) is 14.0 Å². The van der Waals surface area contributed by atoms with Crippen molar-refractivity contribution < 1.29 is 19.1 Å². The zero-order valence-corrected chi connectivity index (χ0v) is 8.06. The van der Waals surface area contributed by atoms with Crippen molar-refractivity contribution in [2.45, 2.75) is 32.2 Å². The third-order valence-corrected chi connectivity index (χ3v) is 2.15. The third kappa shape index (κ3) is 1.92. The van der Waals surface area contributed by atoms with Gasteiger partial charge in [-0.3, -0.25) is 4.79 Å². The minimum Gasteiger partial charge on any atom is -0.480 e. The monoisotopic (exact) mass is 201 g/mol. The van der Waals surface area contributed by atoms with E-state index >= 15 is 0 Å². The second kappa shape index (κ2) is 3.40. The van der Waals surface area contributed by atoms with Gasteiger partial charge >= 0.3 is 5.97 Å².